The molecule has 0 aromatic rings. The molecule has 0 bridgehead atoms. The van der Waals surface area contributed by atoms with E-state index in [0.29, 0.717) is 17.8 Å². The fraction of sp³-hybridized carbons (Fsp3) is 0.720. The van der Waals surface area contributed by atoms with Gasteiger partial charge in [-0.2, -0.15) is 0 Å². The SMILES string of the molecule is CC(=O)OCC(=O)C1=CC=C2[C@@H]3CC[C@H]4C[C@@H](OC(C)=O)CC[C@]4(C)[C@H]3CC[C@]12C. The van der Waals surface area contributed by atoms with Crippen molar-refractivity contribution in [2.45, 2.75) is 78.7 Å². The van der Waals surface area contributed by atoms with Crippen molar-refractivity contribution in [1.82, 2.24) is 0 Å². The highest BCUT2D eigenvalue weighted by molar-refractivity contribution is 6.00. The smallest absolute Gasteiger partial charge is 0.303 e. The Hall–Kier alpha value is -1.91. The van der Waals surface area contributed by atoms with E-state index >= 15 is 0 Å². The lowest BCUT2D eigenvalue weighted by Crippen LogP contribution is -2.52. The zero-order valence-electron chi connectivity index (χ0n) is 18.7. The van der Waals surface area contributed by atoms with Gasteiger partial charge < -0.3 is 9.47 Å². The van der Waals surface area contributed by atoms with Crippen LogP contribution < -0.4 is 0 Å². The maximum absolute atomic E-state index is 12.8. The van der Waals surface area contributed by atoms with Crippen LogP contribution in [0, 0.1) is 28.6 Å². The van der Waals surface area contributed by atoms with E-state index in [9.17, 15) is 14.4 Å². The normalized spacial score (nSPS) is 39.6. The van der Waals surface area contributed by atoms with Crippen LogP contribution in [0.5, 0.6) is 0 Å². The monoisotopic (exact) mass is 414 g/mol. The molecule has 6 atom stereocenters. The zero-order chi connectivity index (χ0) is 21.7. The number of fused-ring (bicyclic) bond motifs is 5. The van der Waals surface area contributed by atoms with E-state index in [1.165, 1.54) is 19.4 Å². The van der Waals surface area contributed by atoms with Gasteiger partial charge in [-0.3, -0.25) is 14.4 Å². The zero-order valence-corrected chi connectivity index (χ0v) is 18.7. The first kappa shape index (κ1) is 21.3. The fourth-order valence-corrected chi connectivity index (χ4v) is 7.20. The minimum absolute atomic E-state index is 0.0702. The topological polar surface area (TPSA) is 69.7 Å². The second kappa shape index (κ2) is 7.65. The minimum atomic E-state index is -0.417. The molecule has 5 heteroatoms. The second-order valence-corrected chi connectivity index (χ2v) is 10.3. The van der Waals surface area contributed by atoms with Gasteiger partial charge >= 0.3 is 11.9 Å². The van der Waals surface area contributed by atoms with Gasteiger partial charge in [-0.1, -0.05) is 31.6 Å². The summed E-state index contributed by atoms with van der Waals surface area (Å²) in [6, 6.07) is 0. The molecule has 0 saturated heterocycles. The molecule has 0 radical (unpaired) electrons. The van der Waals surface area contributed by atoms with Gasteiger partial charge in [0.25, 0.3) is 0 Å². The lowest BCUT2D eigenvalue weighted by molar-refractivity contribution is -0.155. The molecule has 0 aliphatic heterocycles. The van der Waals surface area contributed by atoms with Crippen molar-refractivity contribution in [3.63, 3.8) is 0 Å². The predicted molar refractivity (Wildman–Crippen MR) is 112 cm³/mol. The maximum atomic E-state index is 12.8. The van der Waals surface area contributed by atoms with E-state index in [1.807, 2.05) is 6.08 Å². The molecule has 164 valence electrons. The Labute approximate surface area is 179 Å². The second-order valence-electron chi connectivity index (χ2n) is 10.3. The molecule has 0 heterocycles. The van der Waals surface area contributed by atoms with Gasteiger partial charge in [0, 0.05) is 24.8 Å². The number of carbonyl (C=O) groups is 3. The van der Waals surface area contributed by atoms with E-state index in [2.05, 4.69) is 19.9 Å². The molecule has 0 N–H and O–H groups in total. The standard InChI is InChI=1S/C25H34O5/c1-15(26)29-14-23(28)22-8-7-20-19-6-5-17-13-18(30-16(2)27)9-11-24(17,3)21(19)10-12-25(20,22)4/h7-8,17-19,21H,5-6,9-14H2,1-4H3/t17-,18-,19-,21-,24-,25-/m0/s1. The van der Waals surface area contributed by atoms with Crippen LogP contribution >= 0.6 is 0 Å². The molecule has 5 nitrogen and oxygen atoms in total. The number of allylic oxidation sites excluding steroid dienone is 3. The van der Waals surface area contributed by atoms with E-state index < -0.39 is 5.97 Å². The summed E-state index contributed by atoms with van der Waals surface area (Å²) < 4.78 is 10.5. The lowest BCUT2D eigenvalue weighted by Gasteiger charge is -2.59. The third-order valence-corrected chi connectivity index (χ3v) is 8.70. The van der Waals surface area contributed by atoms with Crippen molar-refractivity contribution in [2.75, 3.05) is 6.61 Å². The highest BCUT2D eigenvalue weighted by Gasteiger charge is 2.57. The molecule has 4 aliphatic carbocycles. The third kappa shape index (κ3) is 3.44. The number of hydrogen-bond donors (Lipinski definition) is 0. The van der Waals surface area contributed by atoms with Gasteiger partial charge in [-0.05, 0) is 68.1 Å². The van der Waals surface area contributed by atoms with Gasteiger partial charge in [0.2, 0.25) is 0 Å². The first-order valence-electron chi connectivity index (χ1n) is 11.4. The van der Waals surface area contributed by atoms with Crippen LogP contribution in [0.25, 0.3) is 0 Å². The molecule has 0 amide bonds. The molecule has 4 rings (SSSR count). The largest absolute Gasteiger partial charge is 0.463 e. The Kier molecular flexibility index (Phi) is 5.44. The highest BCUT2D eigenvalue weighted by Crippen LogP contribution is 2.65. The van der Waals surface area contributed by atoms with Crippen molar-refractivity contribution >= 4 is 17.7 Å². The number of ketones is 1. The molecule has 4 aliphatic rings. The lowest BCUT2D eigenvalue weighted by atomic mass is 9.46. The Bertz CT molecular complexity index is 823. The highest BCUT2D eigenvalue weighted by atomic mass is 16.5. The summed E-state index contributed by atoms with van der Waals surface area (Å²) in [6.45, 7) is 7.33. The van der Waals surface area contributed by atoms with Crippen molar-refractivity contribution in [2.24, 2.45) is 28.6 Å². The summed E-state index contributed by atoms with van der Waals surface area (Å²) in [4.78, 5) is 35.3. The third-order valence-electron chi connectivity index (χ3n) is 8.70. The summed E-state index contributed by atoms with van der Waals surface area (Å²) in [5, 5.41) is 0. The number of esters is 2. The molecule has 0 aromatic heterocycles. The number of Topliss-reactive ketones (excluding diaryl/α,β-unsaturated/α-hetero) is 1. The molecule has 30 heavy (non-hydrogen) atoms. The Balaban J connectivity index is 1.50. The summed E-state index contributed by atoms with van der Waals surface area (Å²) in [5.41, 5.74) is 2.26. The fourth-order valence-electron chi connectivity index (χ4n) is 7.20. The molecule has 0 unspecified atom stereocenters. The Morgan fingerprint density at radius 2 is 1.77 bits per heavy atom. The summed E-state index contributed by atoms with van der Waals surface area (Å²) in [5.74, 6) is 1.06. The van der Waals surface area contributed by atoms with Crippen molar-refractivity contribution in [3.05, 3.63) is 23.3 Å². The number of carbonyl (C=O) groups excluding carboxylic acids is 3. The van der Waals surface area contributed by atoms with Crippen LogP contribution in [-0.2, 0) is 23.9 Å². The minimum Gasteiger partial charge on any atom is -0.463 e. The van der Waals surface area contributed by atoms with Gasteiger partial charge in [0.05, 0.1) is 0 Å². The number of rotatable bonds is 4. The summed E-state index contributed by atoms with van der Waals surface area (Å²) >= 11 is 0. The molecule has 0 aromatic carbocycles. The van der Waals surface area contributed by atoms with Crippen molar-refractivity contribution in [3.8, 4) is 0 Å². The first-order chi connectivity index (χ1) is 14.1. The number of ether oxygens (including phenoxy) is 2. The van der Waals surface area contributed by atoms with Gasteiger partial charge in [-0.25, -0.2) is 0 Å². The molecule has 0 spiro atoms. The van der Waals surface area contributed by atoms with E-state index in [-0.39, 0.29) is 35.3 Å². The van der Waals surface area contributed by atoms with Crippen LogP contribution in [-0.4, -0.2) is 30.4 Å². The van der Waals surface area contributed by atoms with Crippen LogP contribution in [0.1, 0.15) is 72.6 Å². The number of hydrogen-bond acceptors (Lipinski definition) is 5. The summed E-state index contributed by atoms with van der Waals surface area (Å²) in [7, 11) is 0. The van der Waals surface area contributed by atoms with Crippen LogP contribution in [0.15, 0.2) is 23.3 Å². The van der Waals surface area contributed by atoms with Gasteiger partial charge in [0.15, 0.2) is 12.4 Å². The van der Waals surface area contributed by atoms with E-state index in [0.717, 1.165) is 50.5 Å². The Morgan fingerprint density at radius 1 is 1.00 bits per heavy atom. The first-order valence-corrected chi connectivity index (χ1v) is 11.4. The van der Waals surface area contributed by atoms with E-state index in [4.69, 9.17) is 9.47 Å². The van der Waals surface area contributed by atoms with Crippen LogP contribution in [0.3, 0.4) is 0 Å². The van der Waals surface area contributed by atoms with Gasteiger partial charge in [-0.15, -0.1) is 0 Å². The van der Waals surface area contributed by atoms with E-state index in [1.54, 1.807) is 0 Å². The summed E-state index contributed by atoms with van der Waals surface area (Å²) in [6.07, 6.45) is 11.7. The Morgan fingerprint density at radius 3 is 2.47 bits per heavy atom. The van der Waals surface area contributed by atoms with Gasteiger partial charge in [0.1, 0.15) is 6.10 Å². The quantitative estimate of drug-likeness (QED) is 0.631. The van der Waals surface area contributed by atoms with Crippen molar-refractivity contribution in [1.29, 1.82) is 0 Å². The predicted octanol–water partition coefficient (Wildman–Crippen LogP) is 4.55. The van der Waals surface area contributed by atoms with Crippen LogP contribution in [0.2, 0.25) is 0 Å². The molecular formula is C25H34O5. The molecule has 3 fully saturated rings. The maximum Gasteiger partial charge on any atom is 0.303 e. The average Bonchev–Trinajstić information content (AvgIpc) is 3.03. The molecule has 3 saturated carbocycles. The van der Waals surface area contributed by atoms with Crippen molar-refractivity contribution < 1.29 is 23.9 Å². The van der Waals surface area contributed by atoms with Crippen LogP contribution in [0.4, 0.5) is 0 Å². The average molecular weight is 415 g/mol. The molecular weight excluding hydrogens is 380 g/mol.